The van der Waals surface area contributed by atoms with Crippen LogP contribution < -0.4 is 0 Å². The van der Waals surface area contributed by atoms with Gasteiger partial charge in [0.15, 0.2) is 5.78 Å². The number of nitrogens with zero attached hydrogens (tertiary/aromatic N) is 1. The summed E-state index contributed by atoms with van der Waals surface area (Å²) in [4.78, 5) is 25.4. The number of allylic oxidation sites excluding steroid dienone is 4. The topological polar surface area (TPSA) is 55.7 Å². The van der Waals surface area contributed by atoms with Gasteiger partial charge >= 0.3 is 12.1 Å². The number of ketones is 1. The van der Waals surface area contributed by atoms with Crippen LogP contribution in [0.4, 0.5) is 13.2 Å². The minimum absolute atomic E-state index is 0.248. The van der Waals surface area contributed by atoms with E-state index in [1.165, 1.54) is 0 Å². The summed E-state index contributed by atoms with van der Waals surface area (Å²) in [6.07, 6.45) is -2.49. The van der Waals surface area contributed by atoms with Crippen LogP contribution in [0.15, 0.2) is 29.0 Å². The molecule has 4 nitrogen and oxygen atoms in total. The van der Waals surface area contributed by atoms with E-state index in [-0.39, 0.29) is 5.71 Å². The molecule has 1 rings (SSSR count). The molecule has 1 aliphatic carbocycles. The molecule has 0 atom stereocenters. The maximum atomic E-state index is 12.3. The van der Waals surface area contributed by atoms with Crippen LogP contribution >= 0.6 is 0 Å². The van der Waals surface area contributed by atoms with E-state index in [0.717, 1.165) is 13.0 Å². The molecule has 0 bridgehead atoms. The summed E-state index contributed by atoms with van der Waals surface area (Å²) in [7, 11) is 0. The zero-order valence-electron chi connectivity index (χ0n) is 8.04. The summed E-state index contributed by atoms with van der Waals surface area (Å²) in [5, 5.41) is 3.13. The lowest BCUT2D eigenvalue weighted by atomic mass is 10.0. The molecule has 0 aromatic heterocycles. The Labute approximate surface area is 88.1 Å². The lowest BCUT2D eigenvalue weighted by Gasteiger charge is -2.11. The molecule has 0 radical (unpaired) electrons. The number of rotatable bonds is 1. The van der Waals surface area contributed by atoms with E-state index in [4.69, 9.17) is 0 Å². The van der Waals surface area contributed by atoms with Gasteiger partial charge in [-0.3, -0.25) is 4.79 Å². The first-order valence-electron chi connectivity index (χ1n) is 4.07. The van der Waals surface area contributed by atoms with Crippen LogP contribution in [0, 0.1) is 0 Å². The van der Waals surface area contributed by atoms with Crippen LogP contribution in [-0.4, -0.2) is 23.6 Å². The lowest BCUT2D eigenvalue weighted by Crippen LogP contribution is -2.22. The van der Waals surface area contributed by atoms with Crippen molar-refractivity contribution in [3.8, 4) is 0 Å². The molecular formula is C9H6F3NO3. The molecule has 0 spiro atoms. The Bertz CT molecular complexity index is 418. The van der Waals surface area contributed by atoms with Crippen molar-refractivity contribution in [3.63, 3.8) is 0 Å². The summed E-state index contributed by atoms with van der Waals surface area (Å²) in [6, 6.07) is 0. The third kappa shape index (κ3) is 3.04. The van der Waals surface area contributed by atoms with Crippen LogP contribution in [0.1, 0.15) is 6.92 Å². The highest BCUT2D eigenvalue weighted by molar-refractivity contribution is 6.19. The first kappa shape index (κ1) is 12.2. The molecule has 0 aromatic rings. The quantitative estimate of drug-likeness (QED) is 0.392. The number of carbonyl (C=O) groups excluding carboxylic acids is 2. The lowest BCUT2D eigenvalue weighted by molar-refractivity contribution is -0.140. The van der Waals surface area contributed by atoms with E-state index < -0.39 is 23.5 Å². The summed E-state index contributed by atoms with van der Waals surface area (Å²) >= 11 is 0. The maximum Gasteiger partial charge on any atom is 0.420 e. The van der Waals surface area contributed by atoms with Gasteiger partial charge in [0.25, 0.3) is 0 Å². The van der Waals surface area contributed by atoms with Gasteiger partial charge in [0.05, 0.1) is 0 Å². The number of halogens is 3. The zero-order valence-corrected chi connectivity index (χ0v) is 8.04. The standard InChI is InChI=1S/C9H6F3NO3/c1-5(14)16-13-6-2-3-8(15)7(4-6)9(10,11)12/h2-4H,1H3/b13-6-. The van der Waals surface area contributed by atoms with Crippen molar-refractivity contribution in [2.75, 3.05) is 0 Å². The largest absolute Gasteiger partial charge is 0.420 e. The SMILES string of the molecule is CC(=O)O/N=C1/C=CC(=O)C(C(F)(F)F)=C1. The Kier molecular flexibility index (Phi) is 3.26. The molecule has 7 heteroatoms. The minimum Gasteiger partial charge on any atom is -0.318 e. The van der Waals surface area contributed by atoms with Gasteiger partial charge < -0.3 is 4.84 Å². The van der Waals surface area contributed by atoms with Crippen LogP contribution in [0.25, 0.3) is 0 Å². The highest BCUT2D eigenvalue weighted by Gasteiger charge is 2.38. The zero-order chi connectivity index (χ0) is 12.3. The number of hydrogen-bond acceptors (Lipinski definition) is 4. The third-order valence-electron chi connectivity index (χ3n) is 1.55. The van der Waals surface area contributed by atoms with Gasteiger partial charge in [0.1, 0.15) is 11.3 Å². The average Bonchev–Trinajstić information content (AvgIpc) is 2.14. The Morgan fingerprint density at radius 3 is 2.50 bits per heavy atom. The summed E-state index contributed by atoms with van der Waals surface area (Å²) < 4.78 is 36.8. The van der Waals surface area contributed by atoms with Crippen molar-refractivity contribution in [1.82, 2.24) is 0 Å². The minimum atomic E-state index is -4.75. The molecule has 0 aliphatic heterocycles. The fourth-order valence-corrected chi connectivity index (χ4v) is 0.913. The third-order valence-corrected chi connectivity index (χ3v) is 1.55. The molecule has 0 saturated heterocycles. The molecule has 0 heterocycles. The molecule has 0 unspecified atom stereocenters. The van der Waals surface area contributed by atoms with Crippen molar-refractivity contribution in [3.05, 3.63) is 23.8 Å². The predicted molar refractivity (Wildman–Crippen MR) is 47.5 cm³/mol. The highest BCUT2D eigenvalue weighted by atomic mass is 19.4. The monoisotopic (exact) mass is 233 g/mol. The Balaban J connectivity index is 2.97. The van der Waals surface area contributed by atoms with Gasteiger partial charge in [-0.25, -0.2) is 4.79 Å². The highest BCUT2D eigenvalue weighted by Crippen LogP contribution is 2.28. The average molecular weight is 233 g/mol. The number of carbonyl (C=O) groups is 2. The Morgan fingerprint density at radius 2 is 2.00 bits per heavy atom. The number of hydrogen-bond donors (Lipinski definition) is 0. The van der Waals surface area contributed by atoms with Crippen LogP contribution in [-0.2, 0) is 14.4 Å². The van der Waals surface area contributed by atoms with Crippen LogP contribution in [0.3, 0.4) is 0 Å². The van der Waals surface area contributed by atoms with Crippen LogP contribution in [0.2, 0.25) is 0 Å². The smallest absolute Gasteiger partial charge is 0.318 e. The molecule has 0 N–H and O–H groups in total. The first-order chi connectivity index (χ1) is 7.30. The summed E-state index contributed by atoms with van der Waals surface area (Å²) in [6.45, 7) is 1.05. The van der Waals surface area contributed by atoms with Crippen molar-refractivity contribution < 1.29 is 27.6 Å². The van der Waals surface area contributed by atoms with Gasteiger partial charge in [-0.1, -0.05) is 5.16 Å². The summed E-state index contributed by atoms with van der Waals surface area (Å²) in [5.41, 5.74) is -1.59. The van der Waals surface area contributed by atoms with Crippen molar-refractivity contribution in [2.24, 2.45) is 5.16 Å². The van der Waals surface area contributed by atoms with E-state index in [1.54, 1.807) is 0 Å². The van der Waals surface area contributed by atoms with Gasteiger partial charge in [0.2, 0.25) is 0 Å². The van der Waals surface area contributed by atoms with Gasteiger partial charge in [-0.2, -0.15) is 13.2 Å². The molecule has 0 fully saturated rings. The second-order valence-corrected chi connectivity index (χ2v) is 2.85. The fraction of sp³-hybridized carbons (Fsp3) is 0.222. The van der Waals surface area contributed by atoms with E-state index in [9.17, 15) is 22.8 Å². The molecule has 0 aromatic carbocycles. The fourth-order valence-electron chi connectivity index (χ4n) is 0.913. The number of oxime groups is 1. The number of alkyl halides is 3. The summed E-state index contributed by atoms with van der Waals surface area (Å²) in [5.74, 6) is -1.92. The van der Waals surface area contributed by atoms with E-state index in [0.29, 0.717) is 12.2 Å². The Morgan fingerprint density at radius 1 is 1.38 bits per heavy atom. The molecule has 1 aliphatic rings. The first-order valence-corrected chi connectivity index (χ1v) is 4.07. The predicted octanol–water partition coefficient (Wildman–Crippen LogP) is 1.53. The van der Waals surface area contributed by atoms with Gasteiger partial charge in [0, 0.05) is 6.92 Å². The van der Waals surface area contributed by atoms with E-state index in [1.807, 2.05) is 0 Å². The van der Waals surface area contributed by atoms with Crippen molar-refractivity contribution in [2.45, 2.75) is 13.1 Å². The van der Waals surface area contributed by atoms with Gasteiger partial charge in [-0.15, -0.1) is 0 Å². The molecule has 0 amide bonds. The van der Waals surface area contributed by atoms with E-state index >= 15 is 0 Å². The molecule has 16 heavy (non-hydrogen) atoms. The van der Waals surface area contributed by atoms with Crippen molar-refractivity contribution in [1.29, 1.82) is 0 Å². The van der Waals surface area contributed by atoms with Gasteiger partial charge in [-0.05, 0) is 18.2 Å². The normalized spacial score (nSPS) is 18.6. The maximum absolute atomic E-state index is 12.3. The van der Waals surface area contributed by atoms with Crippen molar-refractivity contribution >= 4 is 17.5 Å². The molecule has 0 saturated carbocycles. The second-order valence-electron chi connectivity index (χ2n) is 2.85. The Hall–Kier alpha value is -1.92. The molecular weight excluding hydrogens is 227 g/mol. The molecule has 86 valence electrons. The second kappa shape index (κ2) is 4.30. The van der Waals surface area contributed by atoms with Crippen LogP contribution in [0.5, 0.6) is 0 Å². The van der Waals surface area contributed by atoms with E-state index in [2.05, 4.69) is 9.99 Å².